The van der Waals surface area contributed by atoms with E-state index < -0.39 is 0 Å². The summed E-state index contributed by atoms with van der Waals surface area (Å²) >= 11 is 0. The van der Waals surface area contributed by atoms with Gasteiger partial charge in [0.05, 0.1) is 22.8 Å². The lowest BCUT2D eigenvalue weighted by atomic mass is 9.76. The molecule has 0 bridgehead atoms. The van der Waals surface area contributed by atoms with Crippen molar-refractivity contribution < 1.29 is 9.31 Å². The molecule has 94 valence electrons. The fraction of sp³-hybridized carbons (Fsp3) is 0.500. The van der Waals surface area contributed by atoms with Gasteiger partial charge in [0.25, 0.3) is 0 Å². The number of hydrogen-bond acceptors (Lipinski definition) is 3. The molecule has 0 radical (unpaired) electrons. The van der Waals surface area contributed by atoms with Crippen LogP contribution in [0.4, 0.5) is 0 Å². The lowest BCUT2D eigenvalue weighted by Crippen LogP contribution is -2.41. The summed E-state index contributed by atoms with van der Waals surface area (Å²) in [6, 6.07) is 7.71. The Morgan fingerprint density at radius 1 is 1.11 bits per heavy atom. The van der Waals surface area contributed by atoms with Gasteiger partial charge in [0.2, 0.25) is 0 Å². The van der Waals surface area contributed by atoms with Crippen LogP contribution >= 0.6 is 0 Å². The molecule has 0 spiro atoms. The van der Waals surface area contributed by atoms with Crippen molar-refractivity contribution in [2.75, 3.05) is 0 Å². The maximum atomic E-state index is 8.87. The molecule has 1 heterocycles. The molecular weight excluding hydrogens is 225 g/mol. The second-order valence-corrected chi connectivity index (χ2v) is 5.77. The normalized spacial score (nSPS) is 20.8. The van der Waals surface area contributed by atoms with Crippen molar-refractivity contribution in [2.45, 2.75) is 45.8 Å². The van der Waals surface area contributed by atoms with E-state index in [0.29, 0.717) is 5.56 Å². The Bertz CT molecular complexity index is 501. The van der Waals surface area contributed by atoms with Gasteiger partial charge in [0, 0.05) is 0 Å². The van der Waals surface area contributed by atoms with E-state index in [2.05, 4.69) is 6.07 Å². The molecule has 3 nitrogen and oxygen atoms in total. The quantitative estimate of drug-likeness (QED) is 0.710. The summed E-state index contributed by atoms with van der Waals surface area (Å²) < 4.78 is 12.0. The predicted octanol–water partition coefficient (Wildman–Crippen LogP) is 2.17. The molecule has 1 fully saturated rings. The van der Waals surface area contributed by atoms with Gasteiger partial charge in [-0.3, -0.25) is 0 Å². The molecule has 0 atom stereocenters. The van der Waals surface area contributed by atoms with Crippen LogP contribution in [0.25, 0.3) is 0 Å². The third-order valence-corrected chi connectivity index (χ3v) is 3.91. The first kappa shape index (κ1) is 13.1. The standard InChI is InChI=1S/C14H18BNO2/c1-10-8-11(9-16)6-7-12(10)15-17-13(2,3)14(4,5)18-15/h6-8H,1-5H3. The number of nitriles is 1. The van der Waals surface area contributed by atoms with E-state index in [9.17, 15) is 0 Å². The van der Waals surface area contributed by atoms with Crippen LogP contribution in [-0.4, -0.2) is 18.3 Å². The Kier molecular flexibility index (Phi) is 3.00. The minimum Gasteiger partial charge on any atom is -0.399 e. The van der Waals surface area contributed by atoms with Gasteiger partial charge in [-0.1, -0.05) is 11.6 Å². The van der Waals surface area contributed by atoms with Crippen LogP contribution in [-0.2, 0) is 9.31 Å². The highest BCUT2D eigenvalue weighted by Gasteiger charge is 2.51. The zero-order valence-corrected chi connectivity index (χ0v) is 11.6. The van der Waals surface area contributed by atoms with E-state index in [1.165, 1.54) is 0 Å². The zero-order valence-electron chi connectivity index (χ0n) is 11.6. The van der Waals surface area contributed by atoms with Crippen molar-refractivity contribution in [1.29, 1.82) is 5.26 Å². The summed E-state index contributed by atoms with van der Waals surface area (Å²) in [7, 11) is -0.359. The topological polar surface area (TPSA) is 42.2 Å². The van der Waals surface area contributed by atoms with Crippen molar-refractivity contribution in [2.24, 2.45) is 0 Å². The molecule has 1 saturated heterocycles. The maximum absolute atomic E-state index is 8.87. The smallest absolute Gasteiger partial charge is 0.399 e. The van der Waals surface area contributed by atoms with Gasteiger partial charge in [-0.25, -0.2) is 0 Å². The first-order chi connectivity index (χ1) is 8.27. The molecule has 1 aromatic carbocycles. The number of rotatable bonds is 1. The van der Waals surface area contributed by atoms with E-state index in [4.69, 9.17) is 14.6 Å². The summed E-state index contributed by atoms with van der Waals surface area (Å²) in [4.78, 5) is 0. The fourth-order valence-corrected chi connectivity index (χ4v) is 1.98. The van der Waals surface area contributed by atoms with Gasteiger partial charge in [-0.15, -0.1) is 0 Å². The third kappa shape index (κ3) is 2.05. The number of hydrogen-bond donors (Lipinski definition) is 0. The third-order valence-electron chi connectivity index (χ3n) is 3.91. The number of benzene rings is 1. The number of nitrogens with zero attached hydrogens (tertiary/aromatic N) is 1. The first-order valence-corrected chi connectivity index (χ1v) is 6.13. The van der Waals surface area contributed by atoms with Gasteiger partial charge < -0.3 is 9.31 Å². The van der Waals surface area contributed by atoms with Crippen molar-refractivity contribution in [1.82, 2.24) is 0 Å². The Hall–Kier alpha value is -1.31. The average molecular weight is 243 g/mol. The van der Waals surface area contributed by atoms with Gasteiger partial charge in [0.1, 0.15) is 0 Å². The van der Waals surface area contributed by atoms with Crippen LogP contribution < -0.4 is 5.46 Å². The van der Waals surface area contributed by atoms with E-state index >= 15 is 0 Å². The number of aryl methyl sites for hydroxylation is 1. The Morgan fingerprint density at radius 2 is 1.67 bits per heavy atom. The van der Waals surface area contributed by atoms with Crippen LogP contribution in [0.3, 0.4) is 0 Å². The Balaban J connectivity index is 2.33. The summed E-state index contributed by atoms with van der Waals surface area (Å²) in [5, 5.41) is 8.87. The SMILES string of the molecule is Cc1cc(C#N)ccc1B1OC(C)(C)C(C)(C)O1. The van der Waals surface area contributed by atoms with Crippen LogP contribution in [0, 0.1) is 18.3 Å². The summed E-state index contributed by atoms with van der Waals surface area (Å²) in [6.07, 6.45) is 0. The zero-order chi connectivity index (χ0) is 13.6. The molecule has 0 unspecified atom stereocenters. The van der Waals surface area contributed by atoms with Crippen LogP contribution in [0.2, 0.25) is 0 Å². The highest BCUT2D eigenvalue weighted by molar-refractivity contribution is 6.62. The van der Waals surface area contributed by atoms with Crippen molar-refractivity contribution in [3.8, 4) is 6.07 Å². The minimum atomic E-state index is -0.359. The lowest BCUT2D eigenvalue weighted by molar-refractivity contribution is 0.00578. The predicted molar refractivity (Wildman–Crippen MR) is 71.6 cm³/mol. The lowest BCUT2D eigenvalue weighted by Gasteiger charge is -2.32. The molecule has 0 aromatic heterocycles. The highest BCUT2D eigenvalue weighted by atomic mass is 16.7. The van der Waals surface area contributed by atoms with E-state index in [-0.39, 0.29) is 18.3 Å². The molecule has 0 amide bonds. The van der Waals surface area contributed by atoms with Gasteiger partial charge in [-0.2, -0.15) is 5.26 Å². The molecule has 1 aliphatic heterocycles. The largest absolute Gasteiger partial charge is 0.495 e. The molecular formula is C14H18BNO2. The molecule has 2 rings (SSSR count). The van der Waals surface area contributed by atoms with Crippen LogP contribution in [0.1, 0.15) is 38.8 Å². The Labute approximate surface area is 109 Å². The first-order valence-electron chi connectivity index (χ1n) is 6.13. The molecule has 0 N–H and O–H groups in total. The van der Waals surface area contributed by atoms with Crippen molar-refractivity contribution >= 4 is 12.6 Å². The summed E-state index contributed by atoms with van der Waals surface area (Å²) in [6.45, 7) is 10.1. The molecule has 0 saturated carbocycles. The van der Waals surface area contributed by atoms with Gasteiger partial charge >= 0.3 is 7.12 Å². The maximum Gasteiger partial charge on any atom is 0.495 e. The highest BCUT2D eigenvalue weighted by Crippen LogP contribution is 2.36. The second-order valence-electron chi connectivity index (χ2n) is 5.77. The average Bonchev–Trinajstić information content (AvgIpc) is 2.47. The van der Waals surface area contributed by atoms with Gasteiger partial charge in [0.15, 0.2) is 0 Å². The van der Waals surface area contributed by atoms with E-state index in [0.717, 1.165) is 11.0 Å². The van der Waals surface area contributed by atoms with Gasteiger partial charge in [-0.05, 0) is 52.2 Å². The minimum absolute atomic E-state index is 0.335. The van der Waals surface area contributed by atoms with Crippen molar-refractivity contribution in [3.63, 3.8) is 0 Å². The monoisotopic (exact) mass is 243 g/mol. The summed E-state index contributed by atoms with van der Waals surface area (Å²) in [5.74, 6) is 0. The molecule has 4 heteroatoms. The second kappa shape index (κ2) is 4.12. The van der Waals surface area contributed by atoms with E-state index in [1.54, 1.807) is 6.07 Å². The van der Waals surface area contributed by atoms with Crippen LogP contribution in [0.5, 0.6) is 0 Å². The molecule has 18 heavy (non-hydrogen) atoms. The summed E-state index contributed by atoms with van der Waals surface area (Å²) in [5.41, 5.74) is 2.00. The molecule has 1 aromatic rings. The molecule has 1 aliphatic rings. The van der Waals surface area contributed by atoms with Crippen molar-refractivity contribution in [3.05, 3.63) is 29.3 Å². The van der Waals surface area contributed by atoms with Crippen LogP contribution in [0.15, 0.2) is 18.2 Å². The fourth-order valence-electron chi connectivity index (χ4n) is 1.98. The molecule has 0 aliphatic carbocycles. The van der Waals surface area contributed by atoms with E-state index in [1.807, 2.05) is 46.8 Å². The Morgan fingerprint density at radius 3 is 2.11 bits per heavy atom.